The standard InChI is InChI=1S/C3H3Cl2N3O.Na.H/c4-2-7-3(9)6-1-8(2)5;;/h1-2H,(H,7,9);;/q;+1;-1. The van der Waals surface area contributed by atoms with Gasteiger partial charge in [0.15, 0.2) is 5.62 Å². The zero-order chi connectivity index (χ0) is 6.85. The molecular weight excluding hydrogens is 188 g/mol. The molecule has 0 bridgehead atoms. The van der Waals surface area contributed by atoms with Gasteiger partial charge in [0, 0.05) is 11.8 Å². The van der Waals surface area contributed by atoms with Gasteiger partial charge in [-0.3, -0.25) is 0 Å². The number of amides is 2. The second-order valence-electron chi connectivity index (χ2n) is 1.37. The molecule has 52 valence electrons. The summed E-state index contributed by atoms with van der Waals surface area (Å²) in [4.78, 5) is 13.6. The third kappa shape index (κ3) is 2.64. The van der Waals surface area contributed by atoms with Crippen LogP contribution in [0.1, 0.15) is 1.43 Å². The van der Waals surface area contributed by atoms with Crippen molar-refractivity contribution in [2.75, 3.05) is 0 Å². The van der Waals surface area contributed by atoms with Crippen LogP contribution < -0.4 is 34.9 Å². The first-order valence-electron chi connectivity index (χ1n) is 2.13. The Hall–Kier alpha value is 0.520. The van der Waals surface area contributed by atoms with Crippen LogP contribution >= 0.6 is 23.4 Å². The number of alkyl halides is 1. The van der Waals surface area contributed by atoms with Crippen LogP contribution in [-0.2, 0) is 0 Å². The molecule has 4 nitrogen and oxygen atoms in total. The fraction of sp³-hybridized carbons (Fsp3) is 0.333. The van der Waals surface area contributed by atoms with Crippen LogP contribution in [0, 0.1) is 0 Å². The minimum atomic E-state index is -0.698. The van der Waals surface area contributed by atoms with Crippen molar-refractivity contribution in [2.45, 2.75) is 5.62 Å². The topological polar surface area (TPSA) is 44.7 Å². The molecule has 1 unspecified atom stereocenters. The van der Waals surface area contributed by atoms with Crippen molar-refractivity contribution < 1.29 is 35.8 Å². The van der Waals surface area contributed by atoms with Gasteiger partial charge in [-0.1, -0.05) is 11.6 Å². The number of nitrogens with zero attached hydrogens (tertiary/aromatic N) is 2. The molecule has 10 heavy (non-hydrogen) atoms. The first-order valence-corrected chi connectivity index (χ1v) is 2.90. The van der Waals surface area contributed by atoms with E-state index in [1.54, 1.807) is 0 Å². The molecule has 0 spiro atoms. The number of aliphatic imine (C=N–C) groups is 1. The van der Waals surface area contributed by atoms with Gasteiger partial charge in [-0.25, -0.2) is 9.21 Å². The van der Waals surface area contributed by atoms with Crippen molar-refractivity contribution in [1.29, 1.82) is 0 Å². The minimum absolute atomic E-state index is 0. The summed E-state index contributed by atoms with van der Waals surface area (Å²) in [6.07, 6.45) is 1.15. The maximum absolute atomic E-state index is 10.3. The Morgan fingerprint density at radius 1 is 1.90 bits per heavy atom. The number of nitrogens with one attached hydrogen (secondary N) is 1. The first-order chi connectivity index (χ1) is 4.20. The van der Waals surface area contributed by atoms with Crippen LogP contribution in [0.5, 0.6) is 0 Å². The number of halogens is 2. The Balaban J connectivity index is 0. The number of urea groups is 1. The molecule has 0 fully saturated rings. The van der Waals surface area contributed by atoms with E-state index in [-0.39, 0.29) is 31.0 Å². The van der Waals surface area contributed by atoms with E-state index in [9.17, 15) is 4.79 Å². The number of hydrogen-bond donors (Lipinski definition) is 1. The van der Waals surface area contributed by atoms with Crippen LogP contribution in [0.25, 0.3) is 0 Å². The zero-order valence-corrected chi connectivity index (χ0v) is 8.73. The molecule has 1 aliphatic heterocycles. The number of hydrogen-bond acceptors (Lipinski definition) is 2. The Kier molecular flexibility index (Phi) is 4.64. The molecule has 1 atom stereocenters. The largest absolute Gasteiger partial charge is 1.00 e. The van der Waals surface area contributed by atoms with Gasteiger partial charge in [-0.05, 0) is 0 Å². The van der Waals surface area contributed by atoms with Gasteiger partial charge in [-0.15, -0.1) is 0 Å². The molecule has 0 aromatic carbocycles. The number of rotatable bonds is 0. The van der Waals surface area contributed by atoms with E-state index >= 15 is 0 Å². The van der Waals surface area contributed by atoms with Gasteiger partial charge in [0.1, 0.15) is 6.34 Å². The van der Waals surface area contributed by atoms with E-state index in [2.05, 4.69) is 10.3 Å². The predicted octanol–water partition coefficient (Wildman–Crippen LogP) is -2.17. The first kappa shape index (κ1) is 10.5. The van der Waals surface area contributed by atoms with Crippen molar-refractivity contribution in [3.63, 3.8) is 0 Å². The maximum atomic E-state index is 10.3. The molecular formula is C3H4Cl2N3NaO. The van der Waals surface area contributed by atoms with Gasteiger partial charge in [0.2, 0.25) is 0 Å². The quantitative estimate of drug-likeness (QED) is 0.205. The van der Waals surface area contributed by atoms with Crippen LogP contribution in [-0.4, -0.2) is 22.4 Å². The Morgan fingerprint density at radius 3 is 2.90 bits per heavy atom. The van der Waals surface area contributed by atoms with E-state index in [0.717, 1.165) is 10.8 Å². The number of carbonyl (C=O) groups excluding carboxylic acids is 1. The van der Waals surface area contributed by atoms with E-state index in [1.807, 2.05) is 0 Å². The van der Waals surface area contributed by atoms with E-state index in [0.29, 0.717) is 0 Å². The Bertz CT molecular complexity index is 169. The SMILES string of the molecule is O=C1N=CN(Cl)C(Cl)N1.[H-].[Na+]. The second kappa shape index (κ2) is 4.41. The Labute approximate surface area is 91.4 Å². The Morgan fingerprint density at radius 2 is 2.50 bits per heavy atom. The fourth-order valence-electron chi connectivity index (χ4n) is 0.367. The van der Waals surface area contributed by atoms with Gasteiger partial charge < -0.3 is 6.74 Å². The molecule has 1 N–H and O–H groups in total. The van der Waals surface area contributed by atoms with E-state index in [1.165, 1.54) is 0 Å². The molecule has 7 heteroatoms. The molecule has 0 aromatic rings. The molecule has 0 saturated carbocycles. The summed E-state index contributed by atoms with van der Waals surface area (Å²) in [6, 6.07) is -0.480. The van der Waals surface area contributed by atoms with Crippen LogP contribution in [0.2, 0.25) is 0 Å². The van der Waals surface area contributed by atoms with Crippen LogP contribution in [0.4, 0.5) is 4.79 Å². The molecule has 0 radical (unpaired) electrons. The monoisotopic (exact) mass is 191 g/mol. The third-order valence-electron chi connectivity index (χ3n) is 0.744. The summed E-state index contributed by atoms with van der Waals surface area (Å²) in [6.45, 7) is 0. The van der Waals surface area contributed by atoms with Crippen molar-refractivity contribution >= 4 is 35.7 Å². The van der Waals surface area contributed by atoms with Crippen molar-refractivity contribution in [1.82, 2.24) is 9.74 Å². The molecule has 1 heterocycles. The normalized spacial score (nSPS) is 23.6. The van der Waals surface area contributed by atoms with Gasteiger partial charge >= 0.3 is 35.6 Å². The second-order valence-corrected chi connectivity index (χ2v) is 2.18. The summed E-state index contributed by atoms with van der Waals surface area (Å²) in [5.41, 5.74) is -0.698. The minimum Gasteiger partial charge on any atom is -1.00 e. The van der Waals surface area contributed by atoms with Crippen LogP contribution in [0.15, 0.2) is 4.99 Å². The zero-order valence-electron chi connectivity index (χ0n) is 6.21. The molecule has 1 aliphatic rings. The van der Waals surface area contributed by atoms with Gasteiger partial charge in [-0.2, -0.15) is 4.99 Å². The molecule has 1 rings (SSSR count). The average Bonchev–Trinajstić information content (AvgIpc) is 1.80. The summed E-state index contributed by atoms with van der Waals surface area (Å²) >= 11 is 10.8. The fourth-order valence-corrected chi connectivity index (χ4v) is 0.603. The number of carbonyl (C=O) groups is 1. The van der Waals surface area contributed by atoms with Crippen molar-refractivity contribution in [3.8, 4) is 0 Å². The van der Waals surface area contributed by atoms with E-state index in [4.69, 9.17) is 23.4 Å². The summed E-state index contributed by atoms with van der Waals surface area (Å²) in [5.74, 6) is 0. The summed E-state index contributed by atoms with van der Waals surface area (Å²) in [7, 11) is 0. The van der Waals surface area contributed by atoms with Gasteiger partial charge in [0.25, 0.3) is 0 Å². The smallest absolute Gasteiger partial charge is 1.00 e. The van der Waals surface area contributed by atoms with Crippen LogP contribution in [0.3, 0.4) is 0 Å². The molecule has 0 aromatic heterocycles. The summed E-state index contributed by atoms with van der Waals surface area (Å²) < 4.78 is 1.06. The van der Waals surface area contributed by atoms with Gasteiger partial charge in [0.05, 0.1) is 0 Å². The third-order valence-corrected chi connectivity index (χ3v) is 1.45. The van der Waals surface area contributed by atoms with Crippen molar-refractivity contribution in [3.05, 3.63) is 0 Å². The van der Waals surface area contributed by atoms with E-state index < -0.39 is 11.7 Å². The molecule has 0 saturated heterocycles. The summed E-state index contributed by atoms with van der Waals surface area (Å²) in [5, 5.41) is 2.25. The predicted molar refractivity (Wildman–Crippen MR) is 35.5 cm³/mol. The van der Waals surface area contributed by atoms with Crippen molar-refractivity contribution in [2.24, 2.45) is 4.99 Å². The molecule has 0 aliphatic carbocycles. The average molecular weight is 192 g/mol. The maximum Gasteiger partial charge on any atom is 1.00 e. The molecule has 2 amide bonds.